The number of nitro groups is 1. The van der Waals surface area contributed by atoms with E-state index in [2.05, 4.69) is 0 Å². The molecule has 0 heterocycles. The lowest BCUT2D eigenvalue weighted by atomic mass is 10.1. The molecular weight excluding hydrogens is 266 g/mol. The van der Waals surface area contributed by atoms with Gasteiger partial charge in [0.1, 0.15) is 0 Å². The molecule has 2 aromatic carbocycles. The van der Waals surface area contributed by atoms with Gasteiger partial charge in [-0.3, -0.25) is 14.9 Å². The first-order chi connectivity index (χ1) is 10.2. The zero-order valence-electron chi connectivity index (χ0n) is 11.2. The summed E-state index contributed by atoms with van der Waals surface area (Å²) in [6, 6.07) is 15.5. The van der Waals surface area contributed by atoms with Crippen molar-refractivity contribution in [3.05, 3.63) is 94.1 Å². The molecule has 0 spiro atoms. The Morgan fingerprint density at radius 3 is 2.33 bits per heavy atom. The quantitative estimate of drug-likeness (QED) is 0.273. The lowest BCUT2D eigenvalue weighted by molar-refractivity contribution is -0.385. The van der Waals surface area contributed by atoms with E-state index in [9.17, 15) is 14.9 Å². The summed E-state index contributed by atoms with van der Waals surface area (Å²) >= 11 is 0. The highest BCUT2D eigenvalue weighted by atomic mass is 16.6. The number of benzene rings is 2. The van der Waals surface area contributed by atoms with Crippen LogP contribution in [0.2, 0.25) is 0 Å². The number of para-hydroxylation sites is 1. The van der Waals surface area contributed by atoms with Crippen molar-refractivity contribution in [1.82, 2.24) is 0 Å². The molecule has 0 aliphatic heterocycles. The van der Waals surface area contributed by atoms with Crippen LogP contribution in [0.4, 0.5) is 5.69 Å². The average Bonchev–Trinajstić information content (AvgIpc) is 2.52. The van der Waals surface area contributed by atoms with E-state index in [1.807, 2.05) is 36.4 Å². The molecule has 0 fully saturated rings. The van der Waals surface area contributed by atoms with E-state index in [1.54, 1.807) is 18.2 Å². The fraction of sp³-hybridized carbons (Fsp3) is 0. The third kappa shape index (κ3) is 3.98. The molecule has 2 aromatic rings. The number of rotatable bonds is 5. The Balaban J connectivity index is 2.10. The van der Waals surface area contributed by atoms with Gasteiger partial charge in [-0.05, 0) is 17.7 Å². The first-order valence-electron chi connectivity index (χ1n) is 6.36. The van der Waals surface area contributed by atoms with Gasteiger partial charge in [0.25, 0.3) is 5.69 Å². The van der Waals surface area contributed by atoms with Crippen LogP contribution < -0.4 is 0 Å². The fourth-order valence-corrected chi connectivity index (χ4v) is 1.80. The Bertz CT molecular complexity index is 703. The molecule has 0 bridgehead atoms. The van der Waals surface area contributed by atoms with Crippen molar-refractivity contribution < 1.29 is 9.72 Å². The summed E-state index contributed by atoms with van der Waals surface area (Å²) < 4.78 is 0. The third-order valence-corrected chi connectivity index (χ3v) is 2.81. The van der Waals surface area contributed by atoms with E-state index >= 15 is 0 Å². The molecule has 104 valence electrons. The van der Waals surface area contributed by atoms with E-state index in [4.69, 9.17) is 0 Å². The number of nitro benzene ring substituents is 1. The summed E-state index contributed by atoms with van der Waals surface area (Å²) in [5.41, 5.74) is 0.923. The number of hydrogen-bond acceptors (Lipinski definition) is 3. The van der Waals surface area contributed by atoms with Gasteiger partial charge in [0.2, 0.25) is 0 Å². The van der Waals surface area contributed by atoms with Crippen LogP contribution in [-0.2, 0) is 0 Å². The van der Waals surface area contributed by atoms with Crippen molar-refractivity contribution in [3.8, 4) is 0 Å². The standard InChI is InChI=1S/C17H13NO3/c19-17(15-11-5-6-12-16(15)18(20)21)13-7-4-10-14-8-2-1-3-9-14/h1-13H/b10-4+,13-7+. The van der Waals surface area contributed by atoms with E-state index in [0.717, 1.165) is 5.56 Å². The van der Waals surface area contributed by atoms with Gasteiger partial charge in [0, 0.05) is 6.07 Å². The molecule has 0 saturated carbocycles. The number of carbonyl (C=O) groups excluding carboxylic acids is 1. The highest BCUT2D eigenvalue weighted by Crippen LogP contribution is 2.18. The molecule has 2 rings (SSSR count). The summed E-state index contributed by atoms with van der Waals surface area (Å²) in [5, 5.41) is 10.9. The van der Waals surface area contributed by atoms with Crippen LogP contribution in [0.3, 0.4) is 0 Å². The van der Waals surface area contributed by atoms with Gasteiger partial charge < -0.3 is 0 Å². The van der Waals surface area contributed by atoms with Crippen LogP contribution in [0.1, 0.15) is 15.9 Å². The fourth-order valence-electron chi connectivity index (χ4n) is 1.80. The number of nitrogens with zero attached hydrogens (tertiary/aromatic N) is 1. The number of hydrogen-bond donors (Lipinski definition) is 0. The molecule has 0 unspecified atom stereocenters. The largest absolute Gasteiger partial charge is 0.289 e. The lowest BCUT2D eigenvalue weighted by Gasteiger charge is -1.97. The van der Waals surface area contributed by atoms with E-state index in [-0.39, 0.29) is 17.0 Å². The molecule has 21 heavy (non-hydrogen) atoms. The maximum atomic E-state index is 12.0. The molecule has 0 aromatic heterocycles. The predicted molar refractivity (Wildman–Crippen MR) is 82.0 cm³/mol. The summed E-state index contributed by atoms with van der Waals surface area (Å²) in [4.78, 5) is 22.3. The van der Waals surface area contributed by atoms with Gasteiger partial charge in [-0.2, -0.15) is 0 Å². The smallest absolute Gasteiger partial charge is 0.280 e. The molecule has 0 amide bonds. The van der Waals surface area contributed by atoms with Crippen LogP contribution in [0.15, 0.2) is 72.8 Å². The molecular formula is C17H13NO3. The first-order valence-corrected chi connectivity index (χ1v) is 6.36. The first kappa shape index (κ1) is 14.4. The minimum absolute atomic E-state index is 0.0897. The summed E-state index contributed by atoms with van der Waals surface area (Å²) in [6.07, 6.45) is 6.47. The van der Waals surface area contributed by atoms with Gasteiger partial charge in [-0.25, -0.2) is 0 Å². The highest BCUT2D eigenvalue weighted by Gasteiger charge is 2.16. The minimum Gasteiger partial charge on any atom is -0.289 e. The van der Waals surface area contributed by atoms with Crippen molar-refractivity contribution in [2.24, 2.45) is 0 Å². The monoisotopic (exact) mass is 279 g/mol. The van der Waals surface area contributed by atoms with Gasteiger partial charge >= 0.3 is 0 Å². The maximum Gasteiger partial charge on any atom is 0.280 e. The van der Waals surface area contributed by atoms with E-state index < -0.39 is 4.92 Å². The van der Waals surface area contributed by atoms with Crippen molar-refractivity contribution >= 4 is 17.5 Å². The summed E-state index contributed by atoms with van der Waals surface area (Å²) in [6.45, 7) is 0. The number of allylic oxidation sites excluding steroid dienone is 3. The third-order valence-electron chi connectivity index (χ3n) is 2.81. The van der Waals surface area contributed by atoms with Gasteiger partial charge in [-0.1, -0.05) is 60.7 Å². The Morgan fingerprint density at radius 1 is 0.952 bits per heavy atom. The molecule has 0 aliphatic carbocycles. The van der Waals surface area contributed by atoms with Crippen LogP contribution in [0.25, 0.3) is 6.08 Å². The van der Waals surface area contributed by atoms with Crippen LogP contribution in [0, 0.1) is 10.1 Å². The molecule has 0 atom stereocenters. The maximum absolute atomic E-state index is 12.0. The Morgan fingerprint density at radius 2 is 1.62 bits per heavy atom. The van der Waals surface area contributed by atoms with Gasteiger partial charge in [0.05, 0.1) is 10.5 Å². The van der Waals surface area contributed by atoms with Crippen molar-refractivity contribution in [2.45, 2.75) is 0 Å². The van der Waals surface area contributed by atoms with E-state index in [1.165, 1.54) is 24.3 Å². The number of carbonyl (C=O) groups is 1. The molecule has 4 nitrogen and oxygen atoms in total. The molecule has 0 radical (unpaired) electrons. The highest BCUT2D eigenvalue weighted by molar-refractivity contribution is 6.07. The second-order valence-electron chi connectivity index (χ2n) is 4.27. The Labute approximate surface area is 122 Å². The second kappa shape index (κ2) is 6.96. The van der Waals surface area contributed by atoms with Crippen LogP contribution in [0.5, 0.6) is 0 Å². The van der Waals surface area contributed by atoms with Gasteiger partial charge in [0.15, 0.2) is 5.78 Å². The Kier molecular flexibility index (Phi) is 4.77. The van der Waals surface area contributed by atoms with Gasteiger partial charge in [-0.15, -0.1) is 0 Å². The van der Waals surface area contributed by atoms with Crippen molar-refractivity contribution in [3.63, 3.8) is 0 Å². The van der Waals surface area contributed by atoms with E-state index in [0.29, 0.717) is 0 Å². The molecule has 0 aliphatic rings. The summed E-state index contributed by atoms with van der Waals surface area (Å²) in [5.74, 6) is -0.389. The lowest BCUT2D eigenvalue weighted by Crippen LogP contribution is -2.00. The Hall–Kier alpha value is -3.01. The molecule has 0 saturated heterocycles. The topological polar surface area (TPSA) is 60.2 Å². The van der Waals surface area contributed by atoms with Crippen LogP contribution >= 0.6 is 0 Å². The zero-order valence-corrected chi connectivity index (χ0v) is 11.2. The van der Waals surface area contributed by atoms with Crippen molar-refractivity contribution in [1.29, 1.82) is 0 Å². The number of ketones is 1. The molecule has 4 heteroatoms. The average molecular weight is 279 g/mol. The second-order valence-corrected chi connectivity index (χ2v) is 4.27. The van der Waals surface area contributed by atoms with Crippen molar-refractivity contribution in [2.75, 3.05) is 0 Å². The predicted octanol–water partition coefficient (Wildman–Crippen LogP) is 4.05. The normalized spacial score (nSPS) is 11.0. The zero-order chi connectivity index (χ0) is 15.1. The van der Waals surface area contributed by atoms with Crippen LogP contribution in [-0.4, -0.2) is 10.7 Å². The SMILES string of the molecule is O=C(/C=C/C=C/c1ccccc1)c1ccccc1[N+](=O)[O-]. The summed E-state index contributed by atoms with van der Waals surface area (Å²) in [7, 11) is 0. The molecule has 0 N–H and O–H groups in total. The minimum atomic E-state index is -0.555.